The Hall–Kier alpha value is -1.69. The predicted molar refractivity (Wildman–Crippen MR) is 99.6 cm³/mol. The number of amides is 1. The van der Waals surface area contributed by atoms with Crippen molar-refractivity contribution in [1.29, 1.82) is 0 Å². The molecule has 138 valence electrons. The van der Waals surface area contributed by atoms with Crippen molar-refractivity contribution in [1.82, 2.24) is 19.8 Å². The van der Waals surface area contributed by atoms with Crippen LogP contribution in [0, 0.1) is 0 Å². The molecule has 0 bridgehead atoms. The minimum atomic E-state index is 0.294. The molecule has 3 rings (SSSR count). The third-order valence-corrected chi connectivity index (χ3v) is 5.58. The van der Waals surface area contributed by atoms with Gasteiger partial charge in [-0.2, -0.15) is 0 Å². The summed E-state index contributed by atoms with van der Waals surface area (Å²) in [6.45, 7) is 7.35. The first-order valence-electron chi connectivity index (χ1n) is 9.81. The molecule has 6 heteroatoms. The van der Waals surface area contributed by atoms with Gasteiger partial charge < -0.3 is 14.7 Å². The highest BCUT2D eigenvalue weighted by Gasteiger charge is 2.24. The van der Waals surface area contributed by atoms with Gasteiger partial charge in [-0.05, 0) is 25.5 Å². The molecule has 1 saturated carbocycles. The van der Waals surface area contributed by atoms with Crippen LogP contribution in [0.4, 0.5) is 5.95 Å². The lowest BCUT2D eigenvalue weighted by Crippen LogP contribution is -2.50. The Morgan fingerprint density at radius 2 is 1.80 bits per heavy atom. The summed E-state index contributed by atoms with van der Waals surface area (Å²) in [5, 5.41) is 0. The zero-order valence-corrected chi connectivity index (χ0v) is 15.4. The monoisotopic (exact) mass is 345 g/mol. The van der Waals surface area contributed by atoms with Crippen molar-refractivity contribution in [2.24, 2.45) is 0 Å². The maximum Gasteiger partial charge on any atom is 0.225 e. The van der Waals surface area contributed by atoms with Gasteiger partial charge in [0.15, 0.2) is 0 Å². The third-order valence-electron chi connectivity index (χ3n) is 5.58. The average Bonchev–Trinajstić information content (AvgIpc) is 2.70. The first kappa shape index (κ1) is 18.1. The molecule has 6 nitrogen and oxygen atoms in total. The standard InChI is InChI=1S/C19H31N5O/c1-2-22(17-7-4-3-5-8-17)12-9-18(25)23-13-15-24(16-14-23)19-20-10-6-11-21-19/h6,10-11,17H,2-5,7-9,12-16H2,1H3. The van der Waals surface area contributed by atoms with Crippen molar-refractivity contribution in [3.8, 4) is 0 Å². The first-order chi connectivity index (χ1) is 12.3. The van der Waals surface area contributed by atoms with E-state index < -0.39 is 0 Å². The van der Waals surface area contributed by atoms with E-state index in [1.54, 1.807) is 12.4 Å². The SMILES string of the molecule is CCN(CCC(=O)N1CCN(c2ncccn2)CC1)C1CCCCC1. The molecule has 0 radical (unpaired) electrons. The summed E-state index contributed by atoms with van der Waals surface area (Å²) in [4.78, 5) is 27.9. The fourth-order valence-corrected chi connectivity index (χ4v) is 4.05. The molecule has 1 amide bonds. The van der Waals surface area contributed by atoms with Crippen LogP contribution in [0.25, 0.3) is 0 Å². The molecule has 1 aromatic rings. The summed E-state index contributed by atoms with van der Waals surface area (Å²) in [5.74, 6) is 1.06. The Morgan fingerprint density at radius 1 is 1.12 bits per heavy atom. The van der Waals surface area contributed by atoms with E-state index in [-0.39, 0.29) is 0 Å². The second kappa shape index (κ2) is 9.13. The van der Waals surface area contributed by atoms with Crippen LogP contribution in [-0.2, 0) is 4.79 Å². The van der Waals surface area contributed by atoms with Gasteiger partial charge in [-0.15, -0.1) is 0 Å². The van der Waals surface area contributed by atoms with Crippen LogP contribution in [0.3, 0.4) is 0 Å². The van der Waals surface area contributed by atoms with E-state index in [0.29, 0.717) is 18.4 Å². The zero-order chi connectivity index (χ0) is 17.5. The second-order valence-corrected chi connectivity index (χ2v) is 7.09. The molecule has 0 aromatic carbocycles. The fourth-order valence-electron chi connectivity index (χ4n) is 4.05. The quantitative estimate of drug-likeness (QED) is 0.791. The van der Waals surface area contributed by atoms with Crippen LogP contribution in [0.15, 0.2) is 18.5 Å². The number of hydrogen-bond acceptors (Lipinski definition) is 5. The van der Waals surface area contributed by atoms with E-state index in [1.165, 1.54) is 32.1 Å². The number of aromatic nitrogens is 2. The number of anilines is 1. The number of nitrogens with zero attached hydrogens (tertiary/aromatic N) is 5. The van der Waals surface area contributed by atoms with E-state index in [0.717, 1.165) is 45.2 Å². The summed E-state index contributed by atoms with van der Waals surface area (Å²) in [6.07, 6.45) is 10.9. The number of hydrogen-bond donors (Lipinski definition) is 0. The van der Waals surface area contributed by atoms with E-state index in [9.17, 15) is 4.79 Å². The molecule has 0 unspecified atom stereocenters. The van der Waals surface area contributed by atoms with Crippen molar-refractivity contribution in [2.45, 2.75) is 51.5 Å². The van der Waals surface area contributed by atoms with Crippen molar-refractivity contribution in [2.75, 3.05) is 44.2 Å². The summed E-state index contributed by atoms with van der Waals surface area (Å²) in [7, 11) is 0. The zero-order valence-electron chi connectivity index (χ0n) is 15.4. The van der Waals surface area contributed by atoms with Gasteiger partial charge in [0.25, 0.3) is 0 Å². The van der Waals surface area contributed by atoms with Gasteiger partial charge in [-0.3, -0.25) is 4.79 Å². The lowest BCUT2D eigenvalue weighted by atomic mass is 9.94. The fraction of sp³-hybridized carbons (Fsp3) is 0.737. The lowest BCUT2D eigenvalue weighted by molar-refractivity contribution is -0.132. The minimum absolute atomic E-state index is 0.294. The summed E-state index contributed by atoms with van der Waals surface area (Å²) in [5.41, 5.74) is 0. The largest absolute Gasteiger partial charge is 0.339 e. The van der Waals surface area contributed by atoms with Crippen LogP contribution >= 0.6 is 0 Å². The van der Waals surface area contributed by atoms with Gasteiger partial charge >= 0.3 is 0 Å². The molecule has 25 heavy (non-hydrogen) atoms. The minimum Gasteiger partial charge on any atom is -0.339 e. The molecule has 1 aliphatic carbocycles. The Labute approximate surface area is 151 Å². The maximum absolute atomic E-state index is 12.6. The van der Waals surface area contributed by atoms with Crippen molar-refractivity contribution < 1.29 is 4.79 Å². The molecule has 1 aliphatic heterocycles. The van der Waals surface area contributed by atoms with Crippen LogP contribution in [0.1, 0.15) is 45.4 Å². The van der Waals surface area contributed by atoms with Gasteiger partial charge in [0.1, 0.15) is 0 Å². The molecule has 0 N–H and O–H groups in total. The average molecular weight is 345 g/mol. The molecule has 1 saturated heterocycles. The van der Waals surface area contributed by atoms with Crippen LogP contribution in [-0.4, -0.2) is 71.0 Å². The van der Waals surface area contributed by atoms with E-state index >= 15 is 0 Å². The lowest BCUT2D eigenvalue weighted by Gasteiger charge is -2.36. The summed E-state index contributed by atoms with van der Waals surface area (Å²) in [6, 6.07) is 2.52. The van der Waals surface area contributed by atoms with Crippen molar-refractivity contribution in [3.63, 3.8) is 0 Å². The van der Waals surface area contributed by atoms with E-state index in [1.807, 2.05) is 11.0 Å². The Balaban J connectivity index is 1.43. The Morgan fingerprint density at radius 3 is 2.44 bits per heavy atom. The van der Waals surface area contributed by atoms with Gasteiger partial charge in [-0.25, -0.2) is 9.97 Å². The predicted octanol–water partition coefficient (Wildman–Crippen LogP) is 2.17. The van der Waals surface area contributed by atoms with Gasteiger partial charge in [0, 0.05) is 57.6 Å². The van der Waals surface area contributed by atoms with E-state index in [2.05, 4.69) is 26.7 Å². The molecule has 2 heterocycles. The molecule has 0 atom stereocenters. The molecular formula is C19H31N5O. The van der Waals surface area contributed by atoms with Crippen LogP contribution < -0.4 is 4.90 Å². The highest BCUT2D eigenvalue weighted by atomic mass is 16.2. The maximum atomic E-state index is 12.6. The normalized spacial score (nSPS) is 19.4. The molecular weight excluding hydrogens is 314 g/mol. The molecule has 1 aromatic heterocycles. The highest BCUT2D eigenvalue weighted by molar-refractivity contribution is 5.76. The smallest absolute Gasteiger partial charge is 0.225 e. The summed E-state index contributed by atoms with van der Waals surface area (Å²) < 4.78 is 0. The van der Waals surface area contributed by atoms with Crippen LogP contribution in [0.5, 0.6) is 0 Å². The topological polar surface area (TPSA) is 52.6 Å². The van der Waals surface area contributed by atoms with Gasteiger partial charge in [0.2, 0.25) is 11.9 Å². The van der Waals surface area contributed by atoms with Crippen molar-refractivity contribution in [3.05, 3.63) is 18.5 Å². The first-order valence-corrected chi connectivity index (χ1v) is 9.81. The third kappa shape index (κ3) is 4.91. The van der Waals surface area contributed by atoms with E-state index in [4.69, 9.17) is 0 Å². The Bertz CT molecular complexity index is 524. The molecule has 2 fully saturated rings. The second-order valence-electron chi connectivity index (χ2n) is 7.09. The summed E-state index contributed by atoms with van der Waals surface area (Å²) >= 11 is 0. The Kier molecular flexibility index (Phi) is 6.62. The molecule has 0 spiro atoms. The van der Waals surface area contributed by atoms with Gasteiger partial charge in [0.05, 0.1) is 0 Å². The highest BCUT2D eigenvalue weighted by Crippen LogP contribution is 2.22. The molecule has 2 aliphatic rings. The number of piperazine rings is 1. The number of rotatable bonds is 6. The van der Waals surface area contributed by atoms with Crippen molar-refractivity contribution >= 4 is 11.9 Å². The number of carbonyl (C=O) groups excluding carboxylic acids is 1. The number of carbonyl (C=O) groups is 1. The van der Waals surface area contributed by atoms with Gasteiger partial charge in [-0.1, -0.05) is 26.2 Å². The van der Waals surface area contributed by atoms with Crippen LogP contribution in [0.2, 0.25) is 0 Å².